The van der Waals surface area contributed by atoms with Crippen LogP contribution in [0, 0.1) is 0 Å². The van der Waals surface area contributed by atoms with Gasteiger partial charge in [0.25, 0.3) is 0 Å². The van der Waals surface area contributed by atoms with Gasteiger partial charge in [-0.3, -0.25) is 0 Å². The molecule has 4 nitrogen and oxygen atoms in total. The van der Waals surface area contributed by atoms with Crippen molar-refractivity contribution < 1.29 is 14.3 Å². The van der Waals surface area contributed by atoms with E-state index >= 15 is 0 Å². The molecule has 0 saturated carbocycles. The molecule has 1 unspecified atom stereocenters. The second-order valence-corrected chi connectivity index (χ2v) is 4.75. The Hall–Kier alpha value is -1.07. The maximum Gasteiger partial charge on any atom is 0.404 e. The molecule has 1 atom stereocenters. The summed E-state index contributed by atoms with van der Waals surface area (Å²) in [6, 6.07) is 5.96. The molecule has 2 rings (SSSR count). The first-order valence-electron chi connectivity index (χ1n) is 5.49. The summed E-state index contributed by atoms with van der Waals surface area (Å²) < 4.78 is 11.6. The molecule has 1 aliphatic rings. The largest absolute Gasteiger partial charge is 0.447 e. The molecule has 0 saturated heterocycles. The molecule has 5 heteroatoms. The van der Waals surface area contributed by atoms with Gasteiger partial charge in [0.1, 0.15) is 12.7 Å². The smallest absolute Gasteiger partial charge is 0.404 e. The van der Waals surface area contributed by atoms with Crippen molar-refractivity contribution in [2.45, 2.75) is 18.9 Å². The zero-order valence-electron chi connectivity index (χ0n) is 9.32. The van der Waals surface area contributed by atoms with E-state index < -0.39 is 6.09 Å². The van der Waals surface area contributed by atoms with Crippen LogP contribution < -0.4 is 5.73 Å². The van der Waals surface area contributed by atoms with Crippen molar-refractivity contribution in [1.29, 1.82) is 0 Å². The summed E-state index contributed by atoms with van der Waals surface area (Å²) in [6.07, 6.45) is 0.930. The molecule has 1 aromatic carbocycles. The van der Waals surface area contributed by atoms with E-state index in [1.54, 1.807) is 0 Å². The van der Waals surface area contributed by atoms with E-state index in [9.17, 15) is 4.79 Å². The highest BCUT2D eigenvalue weighted by atomic mass is 79.9. The zero-order chi connectivity index (χ0) is 12.3. The number of carbonyl (C=O) groups excluding carboxylic acids is 1. The van der Waals surface area contributed by atoms with Crippen molar-refractivity contribution in [1.82, 2.24) is 0 Å². The lowest BCUT2D eigenvalue weighted by Crippen LogP contribution is -2.19. The summed E-state index contributed by atoms with van der Waals surface area (Å²) in [5.74, 6) is 0. The summed E-state index contributed by atoms with van der Waals surface area (Å²) in [5.41, 5.74) is 7.27. The predicted molar refractivity (Wildman–Crippen MR) is 66.7 cm³/mol. The first-order chi connectivity index (χ1) is 8.18. The average Bonchev–Trinajstić information content (AvgIpc) is 2.50. The van der Waals surface area contributed by atoms with Gasteiger partial charge in [0, 0.05) is 11.1 Å². The van der Waals surface area contributed by atoms with E-state index in [2.05, 4.69) is 15.9 Å². The highest BCUT2D eigenvalue weighted by molar-refractivity contribution is 9.10. The molecule has 0 fully saturated rings. The molecule has 0 bridgehead atoms. The summed E-state index contributed by atoms with van der Waals surface area (Å²) in [6.45, 7) is 0.826. The van der Waals surface area contributed by atoms with Crippen molar-refractivity contribution >= 4 is 22.0 Å². The average molecular weight is 300 g/mol. The summed E-state index contributed by atoms with van der Waals surface area (Å²) in [4.78, 5) is 10.6. The van der Waals surface area contributed by atoms with Gasteiger partial charge in [-0.1, -0.05) is 28.1 Å². The topological polar surface area (TPSA) is 61.6 Å². The first kappa shape index (κ1) is 12.4. The molecule has 2 N–H and O–H groups in total. The highest BCUT2D eigenvalue weighted by Gasteiger charge is 2.21. The van der Waals surface area contributed by atoms with Crippen LogP contribution >= 0.6 is 15.9 Å². The fourth-order valence-corrected chi connectivity index (χ4v) is 2.58. The predicted octanol–water partition coefficient (Wildman–Crippen LogP) is 2.55. The van der Waals surface area contributed by atoms with Crippen LogP contribution in [0.3, 0.4) is 0 Å². The number of hydrogen-bond donors (Lipinski definition) is 1. The van der Waals surface area contributed by atoms with Gasteiger partial charge in [-0.25, -0.2) is 4.79 Å². The number of halogens is 1. The monoisotopic (exact) mass is 299 g/mol. The quantitative estimate of drug-likeness (QED) is 0.913. The molecule has 17 heavy (non-hydrogen) atoms. The molecular formula is C12H14BrNO3. The maximum atomic E-state index is 10.6. The maximum absolute atomic E-state index is 10.6. The Morgan fingerprint density at radius 1 is 1.59 bits per heavy atom. The van der Waals surface area contributed by atoms with Crippen LogP contribution in [0.1, 0.15) is 23.7 Å². The normalized spacial score (nSPS) is 19.2. The van der Waals surface area contributed by atoms with Crippen LogP contribution in [0.15, 0.2) is 22.7 Å². The van der Waals surface area contributed by atoms with Gasteiger partial charge in [0.2, 0.25) is 0 Å². The Bertz CT molecular complexity index is 422. The van der Waals surface area contributed by atoms with E-state index in [1.165, 1.54) is 5.56 Å². The van der Waals surface area contributed by atoms with Crippen LogP contribution in [0.5, 0.6) is 0 Å². The number of benzene rings is 1. The number of amides is 1. The Morgan fingerprint density at radius 2 is 2.41 bits per heavy atom. The molecule has 1 aliphatic heterocycles. The lowest BCUT2D eigenvalue weighted by Gasteiger charge is -2.17. The standard InChI is InChI=1S/C12H14BrNO3/c13-10-5-1-3-9-8(10)4-2-6-16-11(9)7-17-12(14)15/h1,3,5,11H,2,4,6-7H2,(H2,14,15). The molecule has 0 spiro atoms. The fourth-order valence-electron chi connectivity index (χ4n) is 2.00. The Balaban J connectivity index is 2.24. The van der Waals surface area contributed by atoms with Gasteiger partial charge in [0.15, 0.2) is 0 Å². The van der Waals surface area contributed by atoms with E-state index in [1.807, 2.05) is 18.2 Å². The number of rotatable bonds is 2. The number of hydrogen-bond acceptors (Lipinski definition) is 3. The molecule has 1 aromatic rings. The second-order valence-electron chi connectivity index (χ2n) is 3.90. The van der Waals surface area contributed by atoms with Crippen LogP contribution in [-0.4, -0.2) is 19.3 Å². The number of nitrogens with two attached hydrogens (primary N) is 1. The van der Waals surface area contributed by atoms with E-state index in [-0.39, 0.29) is 12.7 Å². The Morgan fingerprint density at radius 3 is 3.18 bits per heavy atom. The zero-order valence-corrected chi connectivity index (χ0v) is 10.9. The number of ether oxygens (including phenoxy) is 2. The summed E-state index contributed by atoms with van der Waals surface area (Å²) >= 11 is 3.54. The fraction of sp³-hybridized carbons (Fsp3) is 0.417. The molecule has 0 aliphatic carbocycles. The number of fused-ring (bicyclic) bond motifs is 1. The van der Waals surface area contributed by atoms with Gasteiger partial charge >= 0.3 is 6.09 Å². The van der Waals surface area contributed by atoms with Crippen molar-refractivity contribution in [2.24, 2.45) is 5.73 Å². The van der Waals surface area contributed by atoms with Gasteiger partial charge in [-0.2, -0.15) is 0 Å². The van der Waals surface area contributed by atoms with Crippen molar-refractivity contribution in [3.63, 3.8) is 0 Å². The van der Waals surface area contributed by atoms with Gasteiger partial charge in [-0.05, 0) is 30.0 Å². The molecule has 92 valence electrons. The minimum absolute atomic E-state index is 0.165. The van der Waals surface area contributed by atoms with Crippen LogP contribution in [-0.2, 0) is 15.9 Å². The molecule has 1 heterocycles. The summed E-state index contributed by atoms with van der Waals surface area (Å²) in [5, 5.41) is 0. The van der Waals surface area contributed by atoms with Crippen molar-refractivity contribution in [3.8, 4) is 0 Å². The minimum Gasteiger partial charge on any atom is -0.447 e. The first-order valence-corrected chi connectivity index (χ1v) is 6.29. The third-order valence-electron chi connectivity index (χ3n) is 2.77. The van der Waals surface area contributed by atoms with E-state index in [0.29, 0.717) is 6.61 Å². The van der Waals surface area contributed by atoms with Crippen LogP contribution in [0.25, 0.3) is 0 Å². The lowest BCUT2D eigenvalue weighted by molar-refractivity contribution is 0.00864. The Kier molecular flexibility index (Phi) is 4.02. The van der Waals surface area contributed by atoms with Crippen molar-refractivity contribution in [3.05, 3.63) is 33.8 Å². The van der Waals surface area contributed by atoms with Gasteiger partial charge in [-0.15, -0.1) is 0 Å². The van der Waals surface area contributed by atoms with Crippen LogP contribution in [0.4, 0.5) is 4.79 Å². The molecule has 0 radical (unpaired) electrons. The van der Waals surface area contributed by atoms with Crippen LogP contribution in [0.2, 0.25) is 0 Å². The van der Waals surface area contributed by atoms with Gasteiger partial charge in [0.05, 0.1) is 0 Å². The minimum atomic E-state index is -0.769. The second kappa shape index (κ2) is 5.51. The Labute approximate surface area is 108 Å². The molecule has 0 aromatic heterocycles. The van der Waals surface area contributed by atoms with Crippen molar-refractivity contribution in [2.75, 3.05) is 13.2 Å². The third-order valence-corrected chi connectivity index (χ3v) is 3.51. The number of primary amides is 1. The van der Waals surface area contributed by atoms with E-state index in [4.69, 9.17) is 15.2 Å². The van der Waals surface area contributed by atoms with E-state index in [0.717, 1.165) is 22.9 Å². The summed E-state index contributed by atoms with van der Waals surface area (Å²) in [7, 11) is 0. The molecular weight excluding hydrogens is 286 g/mol. The van der Waals surface area contributed by atoms with Gasteiger partial charge < -0.3 is 15.2 Å². The lowest BCUT2D eigenvalue weighted by atomic mass is 10.0. The number of carbonyl (C=O) groups is 1. The highest BCUT2D eigenvalue weighted by Crippen LogP contribution is 2.31. The third kappa shape index (κ3) is 2.98. The SMILES string of the molecule is NC(=O)OCC1OCCCc2c(Br)cccc21. The molecule has 1 amide bonds.